The topological polar surface area (TPSA) is 88.0 Å². The smallest absolute Gasteiger partial charge is 0.356 e. The number of aromatic carboxylic acids is 1. The Hall–Kier alpha value is -1.72. The number of rotatable bonds is 4. The van der Waals surface area contributed by atoms with Crippen LogP contribution in [0.15, 0.2) is 6.20 Å². The Balaban J connectivity index is 2.69. The van der Waals surface area contributed by atoms with Crippen LogP contribution in [0.5, 0.6) is 0 Å². The number of carboxylic acid groups (broad SMARTS) is 1. The molecule has 2 N–H and O–H groups in total. The van der Waals surface area contributed by atoms with Crippen molar-refractivity contribution in [2.45, 2.75) is 13.8 Å². The molecule has 0 fully saturated rings. The zero-order valence-electron chi connectivity index (χ0n) is 8.06. The van der Waals surface area contributed by atoms with E-state index in [1.54, 1.807) is 0 Å². The van der Waals surface area contributed by atoms with Gasteiger partial charge in [-0.25, -0.2) is 9.78 Å². The van der Waals surface area contributed by atoms with Crippen LogP contribution in [-0.4, -0.2) is 32.8 Å². The lowest BCUT2D eigenvalue weighted by Crippen LogP contribution is -2.13. The molecule has 0 aliphatic carbocycles. The fourth-order valence-corrected chi connectivity index (χ4v) is 0.777. The van der Waals surface area contributed by atoms with Crippen molar-refractivity contribution in [2.24, 2.45) is 5.92 Å². The molecule has 6 nitrogen and oxygen atoms in total. The first kappa shape index (κ1) is 10.4. The molecular weight excluding hydrogens is 184 g/mol. The molecule has 0 aliphatic heterocycles. The second-order valence-corrected chi connectivity index (χ2v) is 3.25. The summed E-state index contributed by atoms with van der Waals surface area (Å²) in [7, 11) is 0. The van der Waals surface area contributed by atoms with Crippen LogP contribution in [0.2, 0.25) is 0 Å². The van der Waals surface area contributed by atoms with Gasteiger partial charge in [0.1, 0.15) is 0 Å². The highest BCUT2D eigenvalue weighted by molar-refractivity contribution is 5.85. The summed E-state index contributed by atoms with van der Waals surface area (Å²) in [4.78, 5) is 14.3. The van der Waals surface area contributed by atoms with Crippen molar-refractivity contribution >= 4 is 11.9 Å². The number of anilines is 1. The molecule has 0 aliphatic rings. The third kappa shape index (κ3) is 2.96. The fourth-order valence-electron chi connectivity index (χ4n) is 0.777. The van der Waals surface area contributed by atoms with E-state index in [1.165, 1.54) is 0 Å². The summed E-state index contributed by atoms with van der Waals surface area (Å²) in [6.45, 7) is 4.74. The number of hydrogen-bond acceptors (Lipinski definition) is 5. The van der Waals surface area contributed by atoms with E-state index in [9.17, 15) is 4.79 Å². The minimum Gasteiger partial charge on any atom is -0.476 e. The van der Waals surface area contributed by atoms with Crippen LogP contribution in [-0.2, 0) is 0 Å². The molecule has 0 saturated heterocycles. The minimum absolute atomic E-state index is 0.105. The van der Waals surface area contributed by atoms with Crippen molar-refractivity contribution in [3.63, 3.8) is 0 Å². The first-order valence-electron chi connectivity index (χ1n) is 4.26. The van der Waals surface area contributed by atoms with Crippen LogP contribution in [0.1, 0.15) is 24.3 Å². The normalized spacial score (nSPS) is 10.2. The molecular formula is C8H12N4O2. The van der Waals surface area contributed by atoms with Gasteiger partial charge >= 0.3 is 5.97 Å². The molecule has 0 atom stereocenters. The van der Waals surface area contributed by atoms with Crippen molar-refractivity contribution in [1.82, 2.24) is 15.2 Å². The van der Waals surface area contributed by atoms with Crippen LogP contribution >= 0.6 is 0 Å². The first-order valence-corrected chi connectivity index (χ1v) is 4.26. The summed E-state index contributed by atoms with van der Waals surface area (Å²) in [5.41, 5.74) is -0.105. The van der Waals surface area contributed by atoms with Crippen molar-refractivity contribution in [3.8, 4) is 0 Å². The molecule has 1 heterocycles. The average Bonchev–Trinajstić information content (AvgIpc) is 2.15. The van der Waals surface area contributed by atoms with Gasteiger partial charge in [0.15, 0.2) is 5.69 Å². The van der Waals surface area contributed by atoms with Crippen molar-refractivity contribution in [1.29, 1.82) is 0 Å². The molecule has 1 aromatic heterocycles. The average molecular weight is 196 g/mol. The standard InChI is InChI=1S/C8H12N4O2/c1-5(2)3-9-8-11-6(7(13)14)4-10-12-8/h4-5H,3H2,1-2H3,(H,13,14)(H,9,11,12). The van der Waals surface area contributed by atoms with Gasteiger partial charge in [-0.15, -0.1) is 5.10 Å². The van der Waals surface area contributed by atoms with E-state index in [0.717, 1.165) is 6.20 Å². The largest absolute Gasteiger partial charge is 0.476 e. The van der Waals surface area contributed by atoms with E-state index < -0.39 is 5.97 Å². The zero-order valence-corrected chi connectivity index (χ0v) is 8.06. The highest BCUT2D eigenvalue weighted by Gasteiger charge is 2.06. The van der Waals surface area contributed by atoms with E-state index in [4.69, 9.17) is 5.11 Å². The van der Waals surface area contributed by atoms with E-state index in [0.29, 0.717) is 12.5 Å². The van der Waals surface area contributed by atoms with Crippen molar-refractivity contribution in [2.75, 3.05) is 11.9 Å². The predicted molar refractivity (Wildman–Crippen MR) is 50.1 cm³/mol. The Kier molecular flexibility index (Phi) is 3.33. The molecule has 76 valence electrons. The Labute approximate surface area is 81.4 Å². The maximum atomic E-state index is 10.5. The van der Waals surface area contributed by atoms with Crippen LogP contribution in [0.4, 0.5) is 5.95 Å². The summed E-state index contributed by atoms with van der Waals surface area (Å²) in [6, 6.07) is 0. The maximum absolute atomic E-state index is 10.5. The van der Waals surface area contributed by atoms with Crippen LogP contribution in [0, 0.1) is 5.92 Å². The quantitative estimate of drug-likeness (QED) is 0.734. The molecule has 1 rings (SSSR count). The Morgan fingerprint density at radius 2 is 2.36 bits per heavy atom. The summed E-state index contributed by atoms with van der Waals surface area (Å²) in [6.07, 6.45) is 1.11. The first-order chi connectivity index (χ1) is 6.59. The van der Waals surface area contributed by atoms with Gasteiger partial charge < -0.3 is 10.4 Å². The summed E-state index contributed by atoms with van der Waals surface area (Å²) < 4.78 is 0. The number of carbonyl (C=O) groups is 1. The Morgan fingerprint density at radius 3 is 2.93 bits per heavy atom. The molecule has 0 saturated carbocycles. The number of nitrogens with one attached hydrogen (secondary N) is 1. The van der Waals surface area contributed by atoms with E-state index in [-0.39, 0.29) is 11.6 Å². The van der Waals surface area contributed by atoms with Crippen LogP contribution in [0.25, 0.3) is 0 Å². The lowest BCUT2D eigenvalue weighted by molar-refractivity contribution is 0.0689. The van der Waals surface area contributed by atoms with Gasteiger partial charge in [0.2, 0.25) is 5.95 Å². The lowest BCUT2D eigenvalue weighted by atomic mass is 10.2. The van der Waals surface area contributed by atoms with E-state index >= 15 is 0 Å². The van der Waals surface area contributed by atoms with Gasteiger partial charge in [-0.05, 0) is 5.92 Å². The second kappa shape index (κ2) is 4.50. The van der Waals surface area contributed by atoms with Gasteiger partial charge in [-0.3, -0.25) is 0 Å². The number of nitrogens with zero attached hydrogens (tertiary/aromatic N) is 3. The van der Waals surface area contributed by atoms with Crippen molar-refractivity contribution < 1.29 is 9.90 Å². The van der Waals surface area contributed by atoms with Crippen LogP contribution < -0.4 is 5.32 Å². The molecule has 0 bridgehead atoms. The summed E-state index contributed by atoms with van der Waals surface area (Å²) >= 11 is 0. The van der Waals surface area contributed by atoms with Gasteiger partial charge in [0.05, 0.1) is 6.20 Å². The van der Waals surface area contributed by atoms with Gasteiger partial charge in [0.25, 0.3) is 0 Å². The van der Waals surface area contributed by atoms with Crippen LogP contribution in [0.3, 0.4) is 0 Å². The minimum atomic E-state index is -1.10. The van der Waals surface area contributed by atoms with Gasteiger partial charge in [0, 0.05) is 6.54 Å². The Morgan fingerprint density at radius 1 is 1.64 bits per heavy atom. The van der Waals surface area contributed by atoms with Crippen molar-refractivity contribution in [3.05, 3.63) is 11.9 Å². The van der Waals surface area contributed by atoms with E-state index in [1.807, 2.05) is 13.8 Å². The van der Waals surface area contributed by atoms with E-state index in [2.05, 4.69) is 20.5 Å². The summed E-state index contributed by atoms with van der Waals surface area (Å²) in [5, 5.41) is 18.7. The Bertz CT molecular complexity index is 327. The fraction of sp³-hybridized carbons (Fsp3) is 0.500. The molecule has 0 radical (unpaired) electrons. The number of hydrogen-bond donors (Lipinski definition) is 2. The molecule has 1 aromatic rings. The number of aromatic nitrogens is 3. The third-order valence-corrected chi connectivity index (χ3v) is 1.45. The maximum Gasteiger partial charge on any atom is 0.356 e. The number of carboxylic acids is 1. The van der Waals surface area contributed by atoms with Gasteiger partial charge in [-0.1, -0.05) is 13.8 Å². The highest BCUT2D eigenvalue weighted by atomic mass is 16.4. The molecule has 14 heavy (non-hydrogen) atoms. The monoisotopic (exact) mass is 196 g/mol. The molecule has 0 spiro atoms. The molecule has 6 heteroatoms. The lowest BCUT2D eigenvalue weighted by Gasteiger charge is -2.06. The van der Waals surface area contributed by atoms with Gasteiger partial charge in [-0.2, -0.15) is 5.10 Å². The second-order valence-electron chi connectivity index (χ2n) is 3.25. The SMILES string of the molecule is CC(C)CNc1nncc(C(=O)O)n1. The predicted octanol–water partition coefficient (Wildman–Crippen LogP) is 0.638. The molecule has 0 unspecified atom stereocenters. The summed E-state index contributed by atoms with van der Waals surface area (Å²) in [5.74, 6) is -0.418. The molecule has 0 aromatic carbocycles. The zero-order chi connectivity index (χ0) is 10.6. The molecule has 0 amide bonds. The third-order valence-electron chi connectivity index (χ3n) is 1.45. The highest BCUT2D eigenvalue weighted by Crippen LogP contribution is 1.99.